The molecule has 12 heteroatoms. The highest BCUT2D eigenvalue weighted by Gasteiger charge is 2.17. The van der Waals surface area contributed by atoms with Crippen molar-refractivity contribution in [3.05, 3.63) is 53.3 Å². The van der Waals surface area contributed by atoms with Crippen molar-refractivity contribution in [3.63, 3.8) is 0 Å². The first-order valence-electron chi connectivity index (χ1n) is 9.94. The predicted molar refractivity (Wildman–Crippen MR) is 125 cm³/mol. The molecular weight excluding hydrogens is 467 g/mol. The number of aromatic nitrogens is 1. The molecule has 0 aliphatic carbocycles. The van der Waals surface area contributed by atoms with Gasteiger partial charge >= 0.3 is 6.03 Å². The third kappa shape index (κ3) is 6.33. The fraction of sp³-hybridized carbons (Fsp3) is 0.227. The number of nitrogens with zero attached hydrogens (tertiary/aromatic N) is 1. The summed E-state index contributed by atoms with van der Waals surface area (Å²) in [7, 11) is 4.48. The summed E-state index contributed by atoms with van der Waals surface area (Å²) in [6, 6.07) is 8.01. The summed E-state index contributed by atoms with van der Waals surface area (Å²) < 4.78 is 35.3. The average molecular weight is 491 g/mol. The van der Waals surface area contributed by atoms with Crippen LogP contribution in [0.1, 0.15) is 10.5 Å². The standard InChI is InChI=1S/C22H23FN4O6S/c1-30-10-9-24-20(28)15-12-34-22(26-15)27-21(29)25-14-11-13(23)7-8-16(14)33-18-6-4-5-17(31-2)19(18)32-3/h4-8,11-12H,9-10H2,1-3H3,(H,24,28)(H2,25,26,27,29). The number of thiazole rings is 1. The smallest absolute Gasteiger partial charge is 0.325 e. The van der Waals surface area contributed by atoms with Gasteiger partial charge in [0.05, 0.1) is 26.5 Å². The van der Waals surface area contributed by atoms with E-state index in [1.807, 2.05) is 0 Å². The van der Waals surface area contributed by atoms with E-state index in [2.05, 4.69) is 20.9 Å². The van der Waals surface area contributed by atoms with Crippen molar-refractivity contribution in [1.82, 2.24) is 10.3 Å². The normalized spacial score (nSPS) is 10.4. The fourth-order valence-electron chi connectivity index (χ4n) is 2.79. The van der Waals surface area contributed by atoms with E-state index in [0.717, 1.165) is 17.4 Å². The maximum absolute atomic E-state index is 13.9. The minimum atomic E-state index is -0.700. The molecule has 0 fully saturated rings. The van der Waals surface area contributed by atoms with Gasteiger partial charge in [-0.15, -0.1) is 11.3 Å². The van der Waals surface area contributed by atoms with E-state index in [4.69, 9.17) is 18.9 Å². The van der Waals surface area contributed by atoms with Crippen LogP contribution >= 0.6 is 11.3 Å². The van der Waals surface area contributed by atoms with E-state index in [1.165, 1.54) is 38.8 Å². The van der Waals surface area contributed by atoms with Crippen molar-refractivity contribution in [2.24, 2.45) is 0 Å². The summed E-state index contributed by atoms with van der Waals surface area (Å²) in [5.41, 5.74) is 0.216. The van der Waals surface area contributed by atoms with Crippen LogP contribution in [-0.4, -0.2) is 51.4 Å². The monoisotopic (exact) mass is 490 g/mol. The van der Waals surface area contributed by atoms with Crippen molar-refractivity contribution in [2.45, 2.75) is 0 Å². The topological polar surface area (TPSA) is 120 Å². The minimum Gasteiger partial charge on any atom is -0.493 e. The third-order valence-electron chi connectivity index (χ3n) is 4.33. The van der Waals surface area contributed by atoms with Crippen LogP contribution in [-0.2, 0) is 4.74 Å². The van der Waals surface area contributed by atoms with E-state index in [-0.39, 0.29) is 22.3 Å². The van der Waals surface area contributed by atoms with Crippen LogP contribution < -0.4 is 30.2 Å². The second-order valence-corrected chi connectivity index (χ2v) is 7.46. The van der Waals surface area contributed by atoms with Crippen LogP contribution in [0.4, 0.5) is 20.0 Å². The Morgan fingerprint density at radius 2 is 1.82 bits per heavy atom. The van der Waals surface area contributed by atoms with Gasteiger partial charge in [0.15, 0.2) is 22.4 Å². The lowest BCUT2D eigenvalue weighted by Crippen LogP contribution is -2.27. The number of rotatable bonds is 10. The van der Waals surface area contributed by atoms with Gasteiger partial charge in [-0.2, -0.15) is 0 Å². The molecule has 1 heterocycles. The summed E-state index contributed by atoms with van der Waals surface area (Å²) in [4.78, 5) is 28.6. The Balaban J connectivity index is 1.71. The van der Waals surface area contributed by atoms with Crippen LogP contribution in [0.15, 0.2) is 41.8 Å². The van der Waals surface area contributed by atoms with Crippen LogP contribution in [0.3, 0.4) is 0 Å². The van der Waals surface area contributed by atoms with Crippen molar-refractivity contribution in [2.75, 3.05) is 45.1 Å². The number of hydrogen-bond donors (Lipinski definition) is 3. The van der Waals surface area contributed by atoms with Gasteiger partial charge in [-0.3, -0.25) is 10.1 Å². The number of carbonyl (C=O) groups is 2. The van der Waals surface area contributed by atoms with Crippen LogP contribution in [0, 0.1) is 5.82 Å². The van der Waals surface area contributed by atoms with E-state index in [1.54, 1.807) is 18.2 Å². The maximum Gasteiger partial charge on any atom is 0.325 e. The van der Waals surface area contributed by atoms with Gasteiger partial charge < -0.3 is 29.6 Å². The van der Waals surface area contributed by atoms with Gasteiger partial charge in [-0.25, -0.2) is 14.2 Å². The Morgan fingerprint density at radius 1 is 1.03 bits per heavy atom. The van der Waals surface area contributed by atoms with Gasteiger partial charge in [0.1, 0.15) is 11.5 Å². The first-order valence-corrected chi connectivity index (χ1v) is 10.8. The van der Waals surface area contributed by atoms with Gasteiger partial charge in [-0.05, 0) is 24.3 Å². The zero-order chi connectivity index (χ0) is 24.5. The SMILES string of the molecule is COCCNC(=O)c1csc(NC(=O)Nc2cc(F)ccc2Oc2cccc(OC)c2OC)n1. The number of ether oxygens (including phenoxy) is 4. The summed E-state index contributed by atoms with van der Waals surface area (Å²) in [5, 5.41) is 9.37. The summed E-state index contributed by atoms with van der Waals surface area (Å²) in [5.74, 6) is 0.282. The Bertz CT molecular complexity index is 1160. The Morgan fingerprint density at radius 3 is 2.56 bits per heavy atom. The lowest BCUT2D eigenvalue weighted by Gasteiger charge is -2.16. The third-order valence-corrected chi connectivity index (χ3v) is 5.08. The second kappa shape index (κ2) is 11.8. The molecule has 1 aromatic heterocycles. The van der Waals surface area contributed by atoms with Crippen molar-refractivity contribution in [3.8, 4) is 23.0 Å². The lowest BCUT2D eigenvalue weighted by atomic mass is 10.2. The molecule has 0 saturated carbocycles. The lowest BCUT2D eigenvalue weighted by molar-refractivity contribution is 0.0933. The molecule has 3 amide bonds. The Kier molecular flexibility index (Phi) is 8.60. The molecule has 0 unspecified atom stereocenters. The molecule has 3 aromatic rings. The van der Waals surface area contributed by atoms with Crippen LogP contribution in [0.2, 0.25) is 0 Å². The first kappa shape index (κ1) is 24.7. The summed E-state index contributed by atoms with van der Waals surface area (Å²) >= 11 is 1.06. The summed E-state index contributed by atoms with van der Waals surface area (Å²) in [6.07, 6.45) is 0. The molecule has 0 bridgehead atoms. The largest absolute Gasteiger partial charge is 0.493 e. The Hall–Kier alpha value is -3.90. The van der Waals surface area contributed by atoms with E-state index >= 15 is 0 Å². The highest BCUT2D eigenvalue weighted by molar-refractivity contribution is 7.14. The highest BCUT2D eigenvalue weighted by atomic mass is 32.1. The summed E-state index contributed by atoms with van der Waals surface area (Å²) in [6.45, 7) is 0.694. The first-order chi connectivity index (χ1) is 16.4. The van der Waals surface area contributed by atoms with Gasteiger partial charge in [0.2, 0.25) is 5.75 Å². The number of benzene rings is 2. The van der Waals surface area contributed by atoms with Gasteiger partial charge in [0.25, 0.3) is 5.91 Å². The molecule has 3 rings (SSSR count). The molecule has 0 aliphatic heterocycles. The predicted octanol–water partition coefficient (Wildman–Crippen LogP) is 4.11. The fourth-order valence-corrected chi connectivity index (χ4v) is 3.47. The number of halogens is 1. The molecule has 0 radical (unpaired) electrons. The quantitative estimate of drug-likeness (QED) is 0.366. The Labute approximate surface area is 199 Å². The molecule has 180 valence electrons. The molecular formula is C22H23FN4O6S. The van der Waals surface area contributed by atoms with E-state index < -0.39 is 17.8 Å². The maximum atomic E-state index is 13.9. The van der Waals surface area contributed by atoms with Crippen LogP contribution in [0.25, 0.3) is 0 Å². The number of urea groups is 1. The highest BCUT2D eigenvalue weighted by Crippen LogP contribution is 2.41. The van der Waals surface area contributed by atoms with Gasteiger partial charge in [0, 0.05) is 25.1 Å². The minimum absolute atomic E-state index is 0.0662. The second-order valence-electron chi connectivity index (χ2n) is 6.60. The molecule has 2 aromatic carbocycles. The van der Waals surface area contributed by atoms with Crippen molar-refractivity contribution >= 4 is 34.1 Å². The molecule has 3 N–H and O–H groups in total. The van der Waals surface area contributed by atoms with Crippen molar-refractivity contribution in [1.29, 1.82) is 0 Å². The molecule has 0 atom stereocenters. The zero-order valence-electron chi connectivity index (χ0n) is 18.6. The van der Waals surface area contributed by atoms with Gasteiger partial charge in [-0.1, -0.05) is 6.07 Å². The van der Waals surface area contributed by atoms with E-state index in [0.29, 0.717) is 30.4 Å². The van der Waals surface area contributed by atoms with Crippen LogP contribution in [0.5, 0.6) is 23.0 Å². The number of carbonyl (C=O) groups excluding carboxylic acids is 2. The zero-order valence-corrected chi connectivity index (χ0v) is 19.5. The molecule has 10 nitrogen and oxygen atoms in total. The number of nitrogens with one attached hydrogen (secondary N) is 3. The van der Waals surface area contributed by atoms with E-state index in [9.17, 15) is 14.0 Å². The average Bonchev–Trinajstić information content (AvgIpc) is 3.29. The van der Waals surface area contributed by atoms with Crippen molar-refractivity contribution < 1.29 is 32.9 Å². The molecule has 0 saturated heterocycles. The number of para-hydroxylation sites is 1. The number of methoxy groups -OCH3 is 3. The number of hydrogen-bond acceptors (Lipinski definition) is 8. The number of anilines is 2. The molecule has 0 aliphatic rings. The molecule has 0 spiro atoms. The molecule has 34 heavy (non-hydrogen) atoms. The number of amides is 3.